The Morgan fingerprint density at radius 1 is 1.28 bits per heavy atom. The molecule has 3 aliphatic rings. The van der Waals surface area contributed by atoms with Crippen LogP contribution < -0.4 is 26.3 Å². The molecule has 3 aromatic heterocycles. The molecular weight excluding hydrogens is 438 g/mol. The van der Waals surface area contributed by atoms with E-state index in [0.29, 0.717) is 16.6 Å². The highest BCUT2D eigenvalue weighted by Gasteiger charge is 2.56. The van der Waals surface area contributed by atoms with E-state index in [2.05, 4.69) is 31.2 Å². The smallest absolute Gasteiger partial charge is 0.381 e. The van der Waals surface area contributed by atoms with Crippen LogP contribution >= 0.6 is 11.3 Å². The first-order valence-electron chi connectivity index (χ1n) is 9.83. The molecule has 0 unspecified atom stereocenters. The molecule has 3 saturated carbocycles. The summed E-state index contributed by atoms with van der Waals surface area (Å²) in [5.41, 5.74) is -0.339. The Morgan fingerprint density at radius 3 is 2.72 bits per heavy atom. The van der Waals surface area contributed by atoms with Gasteiger partial charge in [-0.25, -0.2) is 4.79 Å². The summed E-state index contributed by atoms with van der Waals surface area (Å²) >= 11 is 1.03. The number of aromatic nitrogens is 4. The van der Waals surface area contributed by atoms with Crippen molar-refractivity contribution in [2.75, 3.05) is 23.1 Å². The van der Waals surface area contributed by atoms with Gasteiger partial charge in [0.05, 0.1) is 19.0 Å². The third kappa shape index (κ3) is 3.49. The van der Waals surface area contributed by atoms with Gasteiger partial charge < -0.3 is 19.8 Å². The Morgan fingerprint density at radius 2 is 2.06 bits per heavy atom. The molecule has 0 atom stereocenters. The number of nitrogens with zero attached hydrogens (tertiary/aromatic N) is 4. The maximum Gasteiger partial charge on any atom is 0.381 e. The van der Waals surface area contributed by atoms with E-state index >= 15 is 0 Å². The van der Waals surface area contributed by atoms with E-state index in [9.17, 15) is 14.4 Å². The van der Waals surface area contributed by atoms with Gasteiger partial charge in [0.2, 0.25) is 21.9 Å². The molecule has 3 N–H and O–H groups in total. The van der Waals surface area contributed by atoms with E-state index in [1.807, 2.05) is 0 Å². The van der Waals surface area contributed by atoms with Gasteiger partial charge in [0.25, 0.3) is 5.91 Å². The molecule has 0 aromatic carbocycles. The topological polar surface area (TPSA) is 153 Å². The van der Waals surface area contributed by atoms with E-state index in [4.69, 9.17) is 9.15 Å². The Kier molecular flexibility index (Phi) is 4.69. The minimum absolute atomic E-state index is 0.0248. The monoisotopic (exact) mass is 457 g/mol. The van der Waals surface area contributed by atoms with E-state index in [-0.39, 0.29) is 28.1 Å². The lowest BCUT2D eigenvalue weighted by Gasteiger charge is -2.62. The van der Waals surface area contributed by atoms with Crippen LogP contribution in [0.3, 0.4) is 0 Å². The van der Waals surface area contributed by atoms with Crippen LogP contribution in [-0.2, 0) is 4.79 Å². The fourth-order valence-electron chi connectivity index (χ4n) is 4.04. The molecule has 32 heavy (non-hydrogen) atoms. The second-order valence-corrected chi connectivity index (χ2v) is 8.84. The number of rotatable bonds is 7. The number of hydrogen-bond donors (Lipinski definition) is 3. The first-order chi connectivity index (χ1) is 15.4. The van der Waals surface area contributed by atoms with Gasteiger partial charge in [-0.05, 0) is 25.2 Å². The van der Waals surface area contributed by atoms with Crippen molar-refractivity contribution in [3.63, 3.8) is 0 Å². The zero-order valence-corrected chi connectivity index (χ0v) is 18.0. The van der Waals surface area contributed by atoms with Crippen molar-refractivity contribution in [3.05, 3.63) is 34.5 Å². The van der Waals surface area contributed by atoms with Crippen LogP contribution in [0.25, 0.3) is 5.13 Å². The van der Waals surface area contributed by atoms with Crippen LogP contribution in [0.4, 0.5) is 16.6 Å². The zero-order valence-electron chi connectivity index (χ0n) is 17.2. The predicted molar refractivity (Wildman–Crippen MR) is 115 cm³/mol. The molecule has 13 heteroatoms. The highest BCUT2D eigenvalue weighted by Crippen LogP contribution is 2.58. The summed E-state index contributed by atoms with van der Waals surface area (Å²) in [7, 11) is 1.38. The second kappa shape index (κ2) is 7.44. The van der Waals surface area contributed by atoms with Gasteiger partial charge in [0.15, 0.2) is 5.76 Å². The molecule has 0 aliphatic heterocycles. The molecule has 3 fully saturated rings. The standard InChI is InChI=1S/C19H19N7O5S/c1-9(27)21-13-3-4-20-26(13)18-25-24-17(32-18)22-15(28)12-5-11(14(30-2)16(29)31-12)23-19-6-10(7-19)8-19/h3-5,10,23H,6-8H2,1-2H3,(H,21,27)(H,22,24,28). The number of hydrogen-bond acceptors (Lipinski definition) is 10. The second-order valence-electron chi connectivity index (χ2n) is 7.88. The minimum atomic E-state index is -0.747. The van der Waals surface area contributed by atoms with Crippen molar-refractivity contribution in [2.24, 2.45) is 5.92 Å². The molecule has 12 nitrogen and oxygen atoms in total. The quantitative estimate of drug-likeness (QED) is 0.482. The summed E-state index contributed by atoms with van der Waals surface area (Å²) in [5.74, 6) is 0.0903. The van der Waals surface area contributed by atoms with E-state index in [1.165, 1.54) is 31.0 Å². The lowest BCUT2D eigenvalue weighted by Crippen LogP contribution is -2.63. The summed E-state index contributed by atoms with van der Waals surface area (Å²) in [5, 5.41) is 21.1. The van der Waals surface area contributed by atoms with E-state index < -0.39 is 11.5 Å². The van der Waals surface area contributed by atoms with Crippen LogP contribution in [0.15, 0.2) is 27.5 Å². The number of carbonyl (C=O) groups excluding carboxylic acids is 2. The molecule has 3 aromatic rings. The molecular formula is C19H19N7O5S. The Hall–Kier alpha value is -3.74. The molecule has 6 rings (SSSR count). The molecule has 166 valence electrons. The van der Waals surface area contributed by atoms with E-state index in [1.54, 1.807) is 6.07 Å². The fourth-order valence-corrected chi connectivity index (χ4v) is 4.75. The van der Waals surface area contributed by atoms with E-state index in [0.717, 1.165) is 36.5 Å². The Bertz CT molecular complexity index is 1260. The number of carbonyl (C=O) groups is 2. The average Bonchev–Trinajstić information content (AvgIpc) is 3.32. The molecule has 0 radical (unpaired) electrons. The van der Waals surface area contributed by atoms with Gasteiger partial charge in [-0.1, -0.05) is 11.3 Å². The number of methoxy groups -OCH3 is 1. The summed E-state index contributed by atoms with van der Waals surface area (Å²) < 4.78 is 11.7. The van der Waals surface area contributed by atoms with Crippen LogP contribution in [0.5, 0.6) is 5.75 Å². The highest BCUT2D eigenvalue weighted by atomic mass is 32.1. The van der Waals surface area contributed by atoms with Crippen molar-refractivity contribution in [3.8, 4) is 10.9 Å². The van der Waals surface area contributed by atoms with Gasteiger partial charge in [0.1, 0.15) is 5.82 Å². The number of anilines is 3. The first-order valence-corrected chi connectivity index (χ1v) is 10.6. The first kappa shape index (κ1) is 20.2. The lowest BCUT2D eigenvalue weighted by molar-refractivity contribution is -0.114. The van der Waals surface area contributed by atoms with Gasteiger partial charge >= 0.3 is 5.63 Å². The Balaban J connectivity index is 1.35. The summed E-state index contributed by atoms with van der Waals surface area (Å²) in [6.45, 7) is 1.38. The molecule has 3 aliphatic carbocycles. The van der Waals surface area contributed by atoms with Crippen molar-refractivity contribution in [1.29, 1.82) is 0 Å². The summed E-state index contributed by atoms with van der Waals surface area (Å²) in [4.78, 5) is 36.4. The Labute approximate surface area is 185 Å². The van der Waals surface area contributed by atoms with Crippen LogP contribution in [0.2, 0.25) is 0 Å². The fraction of sp³-hybridized carbons (Fsp3) is 0.368. The number of amides is 2. The maximum absolute atomic E-state index is 12.7. The molecule has 0 spiro atoms. The minimum Gasteiger partial charge on any atom is -0.488 e. The van der Waals surface area contributed by atoms with Gasteiger partial charge in [-0.3, -0.25) is 14.9 Å². The average molecular weight is 457 g/mol. The molecule has 0 saturated heterocycles. The predicted octanol–water partition coefficient (Wildman–Crippen LogP) is 1.86. The summed E-state index contributed by atoms with van der Waals surface area (Å²) in [6, 6.07) is 3.06. The van der Waals surface area contributed by atoms with Crippen molar-refractivity contribution in [2.45, 2.75) is 31.7 Å². The van der Waals surface area contributed by atoms with Crippen molar-refractivity contribution in [1.82, 2.24) is 20.0 Å². The molecule has 2 bridgehead atoms. The number of nitrogens with one attached hydrogen (secondary N) is 3. The highest BCUT2D eigenvalue weighted by molar-refractivity contribution is 7.17. The zero-order chi connectivity index (χ0) is 22.5. The molecule has 2 amide bonds. The lowest BCUT2D eigenvalue weighted by atomic mass is 9.50. The summed E-state index contributed by atoms with van der Waals surface area (Å²) in [6.07, 6.45) is 4.62. The van der Waals surface area contributed by atoms with Gasteiger partial charge in [-0.15, -0.1) is 10.2 Å². The van der Waals surface area contributed by atoms with Gasteiger partial charge in [0, 0.05) is 24.6 Å². The van der Waals surface area contributed by atoms with Crippen molar-refractivity contribution < 1.29 is 18.7 Å². The van der Waals surface area contributed by atoms with Crippen LogP contribution in [0.1, 0.15) is 36.7 Å². The normalized spacial score (nSPS) is 20.6. The third-order valence-electron chi connectivity index (χ3n) is 5.54. The van der Waals surface area contributed by atoms with Gasteiger partial charge in [-0.2, -0.15) is 9.78 Å². The van der Waals surface area contributed by atoms with Crippen LogP contribution in [-0.4, -0.2) is 44.4 Å². The van der Waals surface area contributed by atoms with Crippen LogP contribution in [0, 0.1) is 5.92 Å². The molecule has 3 heterocycles. The SMILES string of the molecule is COc1c(NC23CC(C2)C3)cc(C(=O)Nc2nnc(-n3nccc3NC(C)=O)s2)oc1=O. The largest absolute Gasteiger partial charge is 0.488 e. The maximum atomic E-state index is 12.7. The van der Waals surface area contributed by atoms with Crippen molar-refractivity contribution >= 4 is 39.8 Å². The third-order valence-corrected chi connectivity index (χ3v) is 6.35. The number of ether oxygens (including phenoxy) is 1.